The van der Waals surface area contributed by atoms with Crippen molar-refractivity contribution in [3.63, 3.8) is 0 Å². The summed E-state index contributed by atoms with van der Waals surface area (Å²) >= 11 is 0. The predicted molar refractivity (Wildman–Crippen MR) is 122 cm³/mol. The Kier molecular flexibility index (Phi) is 9.93. The van der Waals surface area contributed by atoms with Gasteiger partial charge in [0.25, 0.3) is 0 Å². The summed E-state index contributed by atoms with van der Waals surface area (Å²) in [6.07, 6.45) is 5.66. The summed E-state index contributed by atoms with van der Waals surface area (Å²) in [4.78, 5) is 11.8. The van der Waals surface area contributed by atoms with Crippen molar-refractivity contribution in [3.8, 4) is 0 Å². The number of nitrogens with one attached hydrogen (secondary N) is 2. The third-order valence-corrected chi connectivity index (χ3v) is 5.36. The first-order chi connectivity index (χ1) is 13.2. The van der Waals surface area contributed by atoms with Crippen LogP contribution in [0.3, 0.4) is 0 Å². The summed E-state index contributed by atoms with van der Waals surface area (Å²) in [5.74, 6) is 2.95. The van der Waals surface area contributed by atoms with Crippen LogP contribution in [0.1, 0.15) is 51.2 Å². The lowest BCUT2D eigenvalue weighted by Gasteiger charge is -2.29. The molecule has 3 rings (SSSR count). The summed E-state index contributed by atoms with van der Waals surface area (Å²) < 4.78 is 2.05. The minimum Gasteiger partial charge on any atom is -0.393 e. The Bertz CT molecular complexity index is 613. The highest BCUT2D eigenvalue weighted by atomic mass is 127. The molecule has 0 amide bonds. The van der Waals surface area contributed by atoms with Gasteiger partial charge < -0.3 is 20.6 Å². The van der Waals surface area contributed by atoms with Gasteiger partial charge in [-0.1, -0.05) is 6.92 Å². The lowest BCUT2D eigenvalue weighted by atomic mass is 10.1. The second kappa shape index (κ2) is 11.9. The number of aliphatic imine (C=N–C) groups is 1. The maximum atomic E-state index is 9.59. The SMILES string of the molecule is CCNC(=NCCCN1CCC(O)CC1)NC1CCc2nc(CC)nn2C1.I. The van der Waals surface area contributed by atoms with Gasteiger partial charge in [0.05, 0.1) is 12.6 Å². The maximum Gasteiger partial charge on any atom is 0.191 e. The first-order valence-corrected chi connectivity index (χ1v) is 10.6. The van der Waals surface area contributed by atoms with Crippen molar-refractivity contribution >= 4 is 29.9 Å². The van der Waals surface area contributed by atoms with Crippen LogP contribution in [0, 0.1) is 0 Å². The van der Waals surface area contributed by atoms with Crippen molar-refractivity contribution in [1.29, 1.82) is 0 Å². The van der Waals surface area contributed by atoms with Crippen LogP contribution in [0.25, 0.3) is 0 Å². The third kappa shape index (κ3) is 6.84. The fourth-order valence-corrected chi connectivity index (χ4v) is 3.77. The van der Waals surface area contributed by atoms with E-state index in [1.165, 1.54) is 0 Å². The number of hydrogen-bond acceptors (Lipinski definition) is 5. The van der Waals surface area contributed by atoms with Gasteiger partial charge >= 0.3 is 0 Å². The molecular weight excluding hydrogens is 469 g/mol. The molecule has 0 radical (unpaired) electrons. The molecule has 3 N–H and O–H groups in total. The number of nitrogens with zero attached hydrogens (tertiary/aromatic N) is 5. The van der Waals surface area contributed by atoms with Crippen LogP contribution in [0.2, 0.25) is 0 Å². The van der Waals surface area contributed by atoms with Gasteiger partial charge in [-0.2, -0.15) is 5.10 Å². The maximum absolute atomic E-state index is 9.59. The Labute approximate surface area is 185 Å². The van der Waals surface area contributed by atoms with E-state index in [0.29, 0.717) is 6.04 Å². The Hall–Kier alpha value is -0.940. The molecule has 8 nitrogen and oxygen atoms in total. The van der Waals surface area contributed by atoms with Crippen LogP contribution in [0.5, 0.6) is 0 Å². The highest BCUT2D eigenvalue weighted by molar-refractivity contribution is 14.0. The topological polar surface area (TPSA) is 90.6 Å². The predicted octanol–water partition coefficient (Wildman–Crippen LogP) is 1.18. The number of aliphatic hydroxyl groups excluding tert-OH is 1. The lowest BCUT2D eigenvalue weighted by Crippen LogP contribution is -2.47. The largest absolute Gasteiger partial charge is 0.393 e. The van der Waals surface area contributed by atoms with Crippen molar-refractivity contribution in [1.82, 2.24) is 30.3 Å². The van der Waals surface area contributed by atoms with Gasteiger partial charge in [-0.05, 0) is 39.2 Å². The van der Waals surface area contributed by atoms with Crippen molar-refractivity contribution in [2.24, 2.45) is 4.99 Å². The minimum atomic E-state index is -0.0989. The first-order valence-electron chi connectivity index (χ1n) is 10.6. The molecule has 0 bridgehead atoms. The van der Waals surface area contributed by atoms with E-state index in [-0.39, 0.29) is 30.1 Å². The molecule has 1 aromatic heterocycles. The van der Waals surface area contributed by atoms with Crippen LogP contribution in [0.4, 0.5) is 0 Å². The zero-order valence-electron chi connectivity index (χ0n) is 17.2. The molecule has 0 aliphatic carbocycles. The van der Waals surface area contributed by atoms with E-state index in [1.54, 1.807) is 0 Å². The van der Waals surface area contributed by atoms with E-state index in [0.717, 1.165) is 95.4 Å². The molecule has 0 aromatic carbocycles. The molecule has 1 atom stereocenters. The number of piperidine rings is 1. The highest BCUT2D eigenvalue weighted by Crippen LogP contribution is 2.13. The van der Waals surface area contributed by atoms with E-state index >= 15 is 0 Å². The summed E-state index contributed by atoms with van der Waals surface area (Å²) in [6, 6.07) is 0.338. The first kappa shape index (κ1) is 23.3. The van der Waals surface area contributed by atoms with Gasteiger partial charge in [0, 0.05) is 45.1 Å². The Balaban J connectivity index is 0.00000280. The summed E-state index contributed by atoms with van der Waals surface area (Å²) in [5.41, 5.74) is 0. The fraction of sp³-hybridized carbons (Fsp3) is 0.842. The molecule has 160 valence electrons. The van der Waals surface area contributed by atoms with E-state index in [1.807, 2.05) is 4.68 Å². The molecule has 1 aromatic rings. The van der Waals surface area contributed by atoms with Crippen molar-refractivity contribution in [2.45, 2.75) is 71.1 Å². The van der Waals surface area contributed by atoms with E-state index < -0.39 is 0 Å². The van der Waals surface area contributed by atoms with Gasteiger partial charge in [-0.15, -0.1) is 24.0 Å². The van der Waals surface area contributed by atoms with Gasteiger partial charge in [0.2, 0.25) is 0 Å². The number of likely N-dealkylation sites (tertiary alicyclic amines) is 1. The van der Waals surface area contributed by atoms with Crippen LogP contribution in [-0.4, -0.2) is 75.6 Å². The smallest absolute Gasteiger partial charge is 0.191 e. The number of halogens is 1. The molecule has 2 aliphatic rings. The van der Waals surface area contributed by atoms with Gasteiger partial charge in [-0.25, -0.2) is 9.67 Å². The quantitative estimate of drug-likeness (QED) is 0.223. The molecule has 3 heterocycles. The zero-order valence-corrected chi connectivity index (χ0v) is 19.6. The molecule has 1 unspecified atom stereocenters. The standard InChI is InChI=1S/C19H35N7O.HI/c1-3-17-23-18-7-6-15(14-26(18)24-17)22-19(20-4-2)21-10-5-11-25-12-8-16(27)9-13-25;/h15-16,27H,3-14H2,1-2H3,(H2,20,21,22);1H. The number of aryl methyl sites for hydroxylation is 2. The van der Waals surface area contributed by atoms with Crippen molar-refractivity contribution in [3.05, 3.63) is 11.6 Å². The number of aromatic nitrogens is 3. The Morgan fingerprint density at radius 3 is 2.75 bits per heavy atom. The summed E-state index contributed by atoms with van der Waals surface area (Å²) in [5, 5.41) is 21.1. The van der Waals surface area contributed by atoms with E-state index in [4.69, 9.17) is 4.99 Å². The van der Waals surface area contributed by atoms with Crippen molar-refractivity contribution in [2.75, 3.05) is 32.7 Å². The van der Waals surface area contributed by atoms with Gasteiger partial charge in [0.1, 0.15) is 5.82 Å². The van der Waals surface area contributed by atoms with Crippen LogP contribution in [0.15, 0.2) is 4.99 Å². The van der Waals surface area contributed by atoms with Gasteiger partial charge in [-0.3, -0.25) is 4.99 Å². The molecule has 28 heavy (non-hydrogen) atoms. The van der Waals surface area contributed by atoms with Crippen LogP contribution in [-0.2, 0) is 19.4 Å². The summed E-state index contributed by atoms with van der Waals surface area (Å²) in [6.45, 7) is 9.78. The number of fused-ring (bicyclic) bond motifs is 1. The molecule has 1 fully saturated rings. The molecular formula is C19H36IN7O. The molecule has 9 heteroatoms. The van der Waals surface area contributed by atoms with Crippen LogP contribution >= 0.6 is 24.0 Å². The van der Waals surface area contributed by atoms with Gasteiger partial charge in [0.15, 0.2) is 11.8 Å². The minimum absolute atomic E-state index is 0. The number of rotatable bonds is 7. The third-order valence-electron chi connectivity index (χ3n) is 5.36. The summed E-state index contributed by atoms with van der Waals surface area (Å²) in [7, 11) is 0. The Morgan fingerprint density at radius 1 is 1.25 bits per heavy atom. The molecule has 1 saturated heterocycles. The normalized spacial score (nSPS) is 21.1. The fourth-order valence-electron chi connectivity index (χ4n) is 3.77. The monoisotopic (exact) mass is 505 g/mol. The van der Waals surface area contributed by atoms with E-state index in [9.17, 15) is 5.11 Å². The van der Waals surface area contributed by atoms with Crippen molar-refractivity contribution < 1.29 is 5.11 Å². The molecule has 0 saturated carbocycles. The molecule has 2 aliphatic heterocycles. The molecule has 0 spiro atoms. The number of hydrogen-bond donors (Lipinski definition) is 3. The number of aliphatic hydroxyl groups is 1. The second-order valence-electron chi connectivity index (χ2n) is 7.55. The average Bonchev–Trinajstić information content (AvgIpc) is 3.09. The lowest BCUT2D eigenvalue weighted by molar-refractivity contribution is 0.0824. The van der Waals surface area contributed by atoms with E-state index in [2.05, 4.69) is 39.5 Å². The zero-order chi connectivity index (χ0) is 19.1. The highest BCUT2D eigenvalue weighted by Gasteiger charge is 2.22. The van der Waals surface area contributed by atoms with Crippen LogP contribution < -0.4 is 10.6 Å². The Morgan fingerprint density at radius 2 is 2.04 bits per heavy atom. The number of guanidine groups is 1. The average molecular weight is 505 g/mol. The second-order valence-corrected chi connectivity index (χ2v) is 7.55.